The second-order valence-corrected chi connectivity index (χ2v) is 5.63. The van der Waals surface area contributed by atoms with Gasteiger partial charge >= 0.3 is 0 Å². The van der Waals surface area contributed by atoms with Crippen molar-refractivity contribution in [2.45, 2.75) is 58.0 Å². The van der Waals surface area contributed by atoms with Gasteiger partial charge in [0.2, 0.25) is 0 Å². The van der Waals surface area contributed by atoms with Crippen LogP contribution in [0.4, 0.5) is 0 Å². The van der Waals surface area contributed by atoms with Crippen LogP contribution in [-0.4, -0.2) is 18.3 Å². The number of unbranched alkanes of at least 4 members (excludes halogenated alkanes) is 5. The molecule has 0 aromatic carbocycles. The Balaban J connectivity index is 2.20. The van der Waals surface area contributed by atoms with Crippen LogP contribution in [0.5, 0.6) is 0 Å². The molecule has 1 aromatic rings. The van der Waals surface area contributed by atoms with Gasteiger partial charge in [0.05, 0.1) is 19.3 Å². The molecule has 0 spiro atoms. The molecule has 0 bridgehead atoms. The van der Waals surface area contributed by atoms with E-state index in [-0.39, 0.29) is 12.7 Å². The Morgan fingerprint density at radius 1 is 1.22 bits per heavy atom. The van der Waals surface area contributed by atoms with Gasteiger partial charge in [0.25, 0.3) is 0 Å². The van der Waals surface area contributed by atoms with Gasteiger partial charge in [-0.2, -0.15) is 0 Å². The van der Waals surface area contributed by atoms with Crippen molar-refractivity contribution in [2.24, 2.45) is 0 Å². The van der Waals surface area contributed by atoms with Crippen molar-refractivity contribution >= 4 is 11.3 Å². The Morgan fingerprint density at radius 2 is 2.00 bits per heavy atom. The highest BCUT2D eigenvalue weighted by Gasteiger charge is 2.12. The number of ether oxygens (including phenoxy) is 1. The van der Waals surface area contributed by atoms with E-state index in [2.05, 4.69) is 24.4 Å². The first-order valence-electron chi connectivity index (χ1n) is 7.14. The lowest BCUT2D eigenvalue weighted by atomic mass is 10.1. The van der Waals surface area contributed by atoms with E-state index in [4.69, 9.17) is 9.84 Å². The molecule has 0 amide bonds. The molecular formula is C15H26O2S. The number of hydrogen-bond acceptors (Lipinski definition) is 3. The molecule has 1 aromatic heterocycles. The van der Waals surface area contributed by atoms with E-state index >= 15 is 0 Å². The Labute approximate surface area is 115 Å². The second-order valence-electron chi connectivity index (χ2n) is 4.65. The van der Waals surface area contributed by atoms with E-state index < -0.39 is 0 Å². The lowest BCUT2D eigenvalue weighted by molar-refractivity contribution is 0.0235. The summed E-state index contributed by atoms with van der Waals surface area (Å²) in [4.78, 5) is 1.29. The fraction of sp³-hybridized carbons (Fsp3) is 0.733. The number of rotatable bonds is 11. The maximum atomic E-state index is 8.86. The normalized spacial score (nSPS) is 12.8. The third kappa shape index (κ3) is 6.53. The molecule has 1 N–H and O–H groups in total. The van der Waals surface area contributed by atoms with Gasteiger partial charge in [0.1, 0.15) is 0 Å². The van der Waals surface area contributed by atoms with Crippen LogP contribution in [0.3, 0.4) is 0 Å². The maximum Gasteiger partial charge on any atom is 0.0917 e. The number of aliphatic hydroxyl groups is 1. The third-order valence-corrected chi connectivity index (χ3v) is 4.06. The first-order valence-corrected chi connectivity index (χ1v) is 8.02. The highest BCUT2D eigenvalue weighted by atomic mass is 32.1. The predicted octanol–water partition coefficient (Wildman–Crippen LogP) is 4.55. The van der Waals surface area contributed by atoms with E-state index in [1.807, 2.05) is 0 Å². The van der Waals surface area contributed by atoms with Crippen molar-refractivity contribution in [3.63, 3.8) is 0 Å². The molecule has 104 valence electrons. The molecular weight excluding hydrogens is 244 g/mol. The van der Waals surface area contributed by atoms with E-state index in [0.717, 1.165) is 6.42 Å². The molecule has 18 heavy (non-hydrogen) atoms. The summed E-state index contributed by atoms with van der Waals surface area (Å²) in [6.45, 7) is 2.80. The highest BCUT2D eigenvalue weighted by molar-refractivity contribution is 7.10. The van der Waals surface area contributed by atoms with Crippen LogP contribution >= 0.6 is 11.3 Å². The van der Waals surface area contributed by atoms with E-state index in [9.17, 15) is 0 Å². The molecule has 1 unspecified atom stereocenters. The van der Waals surface area contributed by atoms with Crippen molar-refractivity contribution in [1.82, 2.24) is 0 Å². The van der Waals surface area contributed by atoms with Crippen LogP contribution in [0.2, 0.25) is 0 Å². The summed E-state index contributed by atoms with van der Waals surface area (Å²) < 4.78 is 5.72. The van der Waals surface area contributed by atoms with Crippen molar-refractivity contribution < 1.29 is 9.84 Å². The summed E-state index contributed by atoms with van der Waals surface area (Å²) in [7, 11) is 0. The minimum atomic E-state index is 0.109. The second kappa shape index (κ2) is 10.5. The summed E-state index contributed by atoms with van der Waals surface area (Å²) in [6.07, 6.45) is 9.13. The molecule has 0 saturated carbocycles. The zero-order chi connectivity index (χ0) is 13.1. The summed E-state index contributed by atoms with van der Waals surface area (Å²) >= 11 is 1.75. The lowest BCUT2D eigenvalue weighted by Crippen LogP contribution is -2.06. The third-order valence-electron chi connectivity index (χ3n) is 3.09. The van der Waals surface area contributed by atoms with Crippen LogP contribution in [0, 0.1) is 0 Å². The summed E-state index contributed by atoms with van der Waals surface area (Å²) in [6, 6.07) is 4.19. The summed E-state index contributed by atoms with van der Waals surface area (Å²) in [5.74, 6) is 0. The molecule has 0 aliphatic heterocycles. The standard InChI is InChI=1S/C15H26O2S/c1-2-3-4-5-6-7-9-14(17-12-11-16)15-10-8-13-18-15/h8,10,13-14,16H,2-7,9,11-12H2,1H3. The lowest BCUT2D eigenvalue weighted by Gasteiger charge is -2.15. The summed E-state index contributed by atoms with van der Waals surface area (Å²) in [5, 5.41) is 10.9. The van der Waals surface area contributed by atoms with Crippen molar-refractivity contribution in [3.05, 3.63) is 22.4 Å². The molecule has 3 heteroatoms. The molecule has 0 saturated heterocycles. The van der Waals surface area contributed by atoms with Gasteiger partial charge in [0.15, 0.2) is 0 Å². The van der Waals surface area contributed by atoms with Crippen LogP contribution in [0.1, 0.15) is 62.9 Å². The molecule has 0 aliphatic rings. The Hall–Kier alpha value is -0.380. The van der Waals surface area contributed by atoms with E-state index in [1.165, 1.54) is 43.4 Å². The van der Waals surface area contributed by atoms with E-state index in [1.54, 1.807) is 11.3 Å². The van der Waals surface area contributed by atoms with Gasteiger partial charge in [-0.25, -0.2) is 0 Å². The smallest absolute Gasteiger partial charge is 0.0917 e. The first-order chi connectivity index (χ1) is 8.88. The van der Waals surface area contributed by atoms with Gasteiger partial charge in [-0.3, -0.25) is 0 Å². The van der Waals surface area contributed by atoms with Gasteiger partial charge in [0, 0.05) is 4.88 Å². The largest absolute Gasteiger partial charge is 0.394 e. The average Bonchev–Trinajstić information content (AvgIpc) is 2.91. The average molecular weight is 270 g/mol. The van der Waals surface area contributed by atoms with Crippen LogP contribution < -0.4 is 0 Å². The number of thiophene rings is 1. The minimum Gasteiger partial charge on any atom is -0.394 e. The Morgan fingerprint density at radius 3 is 2.67 bits per heavy atom. The van der Waals surface area contributed by atoms with Crippen LogP contribution in [-0.2, 0) is 4.74 Å². The van der Waals surface area contributed by atoms with Gasteiger partial charge in [-0.05, 0) is 17.9 Å². The van der Waals surface area contributed by atoms with E-state index in [0.29, 0.717) is 6.61 Å². The molecule has 1 rings (SSSR count). The first kappa shape index (κ1) is 15.7. The molecule has 2 nitrogen and oxygen atoms in total. The quantitative estimate of drug-likeness (QED) is 0.598. The number of aliphatic hydroxyl groups excluding tert-OH is 1. The summed E-state index contributed by atoms with van der Waals surface area (Å²) in [5.41, 5.74) is 0. The van der Waals surface area contributed by atoms with Crippen LogP contribution in [0.15, 0.2) is 17.5 Å². The fourth-order valence-electron chi connectivity index (χ4n) is 2.09. The SMILES string of the molecule is CCCCCCCCC(OCCO)c1cccs1. The van der Waals surface area contributed by atoms with Gasteiger partial charge in [-0.1, -0.05) is 51.5 Å². The molecule has 1 atom stereocenters. The minimum absolute atomic E-state index is 0.109. The number of hydrogen-bond donors (Lipinski definition) is 1. The Kier molecular flexibility index (Phi) is 9.17. The van der Waals surface area contributed by atoms with Gasteiger partial charge < -0.3 is 9.84 Å². The van der Waals surface area contributed by atoms with Crippen molar-refractivity contribution in [3.8, 4) is 0 Å². The van der Waals surface area contributed by atoms with Crippen molar-refractivity contribution in [2.75, 3.05) is 13.2 Å². The monoisotopic (exact) mass is 270 g/mol. The predicted molar refractivity (Wildman–Crippen MR) is 78.1 cm³/mol. The van der Waals surface area contributed by atoms with Crippen LogP contribution in [0.25, 0.3) is 0 Å². The molecule has 0 fully saturated rings. The van der Waals surface area contributed by atoms with Crippen molar-refractivity contribution in [1.29, 1.82) is 0 Å². The fourth-order valence-corrected chi connectivity index (χ4v) is 2.90. The zero-order valence-corrected chi connectivity index (χ0v) is 12.3. The Bertz CT molecular complexity index is 272. The maximum absolute atomic E-state index is 8.86. The molecule has 1 heterocycles. The zero-order valence-electron chi connectivity index (χ0n) is 11.4. The topological polar surface area (TPSA) is 29.5 Å². The molecule has 0 aliphatic carbocycles. The van der Waals surface area contributed by atoms with Gasteiger partial charge in [-0.15, -0.1) is 11.3 Å². The highest BCUT2D eigenvalue weighted by Crippen LogP contribution is 2.27. The molecule has 0 radical (unpaired) electrons.